The molecule has 0 radical (unpaired) electrons. The maximum absolute atomic E-state index is 11.9. The van der Waals surface area contributed by atoms with E-state index in [4.69, 9.17) is 4.74 Å². The predicted octanol–water partition coefficient (Wildman–Crippen LogP) is 3.29. The van der Waals surface area contributed by atoms with Gasteiger partial charge in [0.25, 0.3) is 0 Å². The Morgan fingerprint density at radius 1 is 1.24 bits per heavy atom. The Morgan fingerprint density at radius 2 is 1.88 bits per heavy atom. The second-order valence-electron chi connectivity index (χ2n) is 4.88. The van der Waals surface area contributed by atoms with Crippen LogP contribution in [0, 0.1) is 0 Å². The minimum Gasteiger partial charge on any atom is -0.458 e. The third-order valence-electron chi connectivity index (χ3n) is 3.48. The summed E-state index contributed by atoms with van der Waals surface area (Å²) in [6, 6.07) is 3.68. The van der Waals surface area contributed by atoms with Crippen LogP contribution in [0.15, 0.2) is 18.3 Å². The Bertz CT molecular complexity index is 362. The van der Waals surface area contributed by atoms with Crippen LogP contribution in [-0.2, 0) is 11.8 Å². The third kappa shape index (κ3) is 3.35. The van der Waals surface area contributed by atoms with Crippen molar-refractivity contribution in [3.63, 3.8) is 0 Å². The number of ether oxygens (including phenoxy) is 1. The first-order valence-electron chi connectivity index (χ1n) is 6.59. The summed E-state index contributed by atoms with van der Waals surface area (Å²) in [5.74, 6) is -0.178. The van der Waals surface area contributed by atoms with E-state index in [0.29, 0.717) is 5.69 Å². The maximum Gasteiger partial charge on any atom is 0.355 e. The van der Waals surface area contributed by atoms with Gasteiger partial charge in [-0.15, -0.1) is 0 Å². The highest BCUT2D eigenvalue weighted by Crippen LogP contribution is 2.20. The Labute approximate surface area is 103 Å². The van der Waals surface area contributed by atoms with Crippen molar-refractivity contribution < 1.29 is 9.53 Å². The fourth-order valence-electron chi connectivity index (χ4n) is 2.42. The van der Waals surface area contributed by atoms with Crippen LogP contribution in [-0.4, -0.2) is 16.6 Å². The molecule has 0 saturated heterocycles. The molecular formula is C14H21NO2. The molecule has 94 valence electrons. The lowest BCUT2D eigenvalue weighted by Gasteiger charge is -2.20. The predicted molar refractivity (Wildman–Crippen MR) is 66.9 cm³/mol. The summed E-state index contributed by atoms with van der Waals surface area (Å²) in [5, 5.41) is 0. The molecule has 3 nitrogen and oxygen atoms in total. The molecular weight excluding hydrogens is 214 g/mol. The van der Waals surface area contributed by atoms with E-state index in [0.717, 1.165) is 12.8 Å². The molecule has 0 unspecified atom stereocenters. The first-order chi connectivity index (χ1) is 8.27. The molecule has 1 aromatic rings. The molecule has 1 fully saturated rings. The standard InChI is InChI=1S/C14H21NO2/c1-15-11-7-10-13(15)14(16)17-12-8-5-3-2-4-6-9-12/h7,10-12H,2-6,8-9H2,1H3. The quantitative estimate of drug-likeness (QED) is 0.736. The van der Waals surface area contributed by atoms with Crippen molar-refractivity contribution in [2.24, 2.45) is 7.05 Å². The molecule has 1 heterocycles. The molecule has 0 aliphatic heterocycles. The van der Waals surface area contributed by atoms with Gasteiger partial charge in [-0.3, -0.25) is 0 Å². The Hall–Kier alpha value is -1.25. The number of hydrogen-bond donors (Lipinski definition) is 0. The minimum atomic E-state index is -0.178. The van der Waals surface area contributed by atoms with Crippen LogP contribution in [0.3, 0.4) is 0 Å². The summed E-state index contributed by atoms with van der Waals surface area (Å²) in [5.41, 5.74) is 0.645. The molecule has 0 amide bonds. The molecule has 0 spiro atoms. The van der Waals surface area contributed by atoms with Crippen molar-refractivity contribution in [3.05, 3.63) is 24.0 Å². The molecule has 1 aromatic heterocycles. The zero-order valence-corrected chi connectivity index (χ0v) is 10.5. The van der Waals surface area contributed by atoms with Gasteiger partial charge in [0.15, 0.2) is 0 Å². The van der Waals surface area contributed by atoms with Gasteiger partial charge >= 0.3 is 5.97 Å². The fourth-order valence-corrected chi connectivity index (χ4v) is 2.42. The van der Waals surface area contributed by atoms with Crippen molar-refractivity contribution in [3.8, 4) is 0 Å². The number of esters is 1. The fraction of sp³-hybridized carbons (Fsp3) is 0.643. The van der Waals surface area contributed by atoms with E-state index in [9.17, 15) is 4.79 Å². The molecule has 2 rings (SSSR count). The highest BCUT2D eigenvalue weighted by Gasteiger charge is 2.18. The SMILES string of the molecule is Cn1cccc1C(=O)OC1CCCCCCC1. The van der Waals surface area contributed by atoms with Crippen LogP contribution >= 0.6 is 0 Å². The highest BCUT2D eigenvalue weighted by molar-refractivity contribution is 5.87. The zero-order chi connectivity index (χ0) is 12.1. The van der Waals surface area contributed by atoms with E-state index in [1.54, 1.807) is 0 Å². The van der Waals surface area contributed by atoms with E-state index in [2.05, 4.69) is 0 Å². The van der Waals surface area contributed by atoms with Crippen LogP contribution in [0.1, 0.15) is 55.4 Å². The number of carbonyl (C=O) groups is 1. The molecule has 0 atom stereocenters. The van der Waals surface area contributed by atoms with E-state index in [1.807, 2.05) is 29.9 Å². The van der Waals surface area contributed by atoms with Crippen molar-refractivity contribution in [2.45, 2.75) is 51.0 Å². The number of rotatable bonds is 2. The van der Waals surface area contributed by atoms with Crippen LogP contribution < -0.4 is 0 Å². The van der Waals surface area contributed by atoms with Gasteiger partial charge in [0.1, 0.15) is 11.8 Å². The molecule has 0 aromatic carbocycles. The van der Waals surface area contributed by atoms with Crippen molar-refractivity contribution in [1.29, 1.82) is 0 Å². The van der Waals surface area contributed by atoms with Gasteiger partial charge < -0.3 is 9.30 Å². The van der Waals surface area contributed by atoms with Crippen molar-refractivity contribution in [1.82, 2.24) is 4.57 Å². The molecule has 1 aliphatic rings. The normalized spacial score (nSPS) is 18.4. The zero-order valence-electron chi connectivity index (χ0n) is 10.5. The highest BCUT2D eigenvalue weighted by atomic mass is 16.5. The summed E-state index contributed by atoms with van der Waals surface area (Å²) in [6.07, 6.45) is 10.3. The third-order valence-corrected chi connectivity index (χ3v) is 3.48. The number of nitrogens with zero attached hydrogens (tertiary/aromatic N) is 1. The smallest absolute Gasteiger partial charge is 0.355 e. The lowest BCUT2D eigenvalue weighted by molar-refractivity contribution is 0.0228. The second kappa shape index (κ2) is 5.89. The van der Waals surface area contributed by atoms with Gasteiger partial charge in [-0.25, -0.2) is 4.79 Å². The van der Waals surface area contributed by atoms with Crippen molar-refractivity contribution >= 4 is 5.97 Å². The van der Waals surface area contributed by atoms with Gasteiger partial charge in [-0.05, 0) is 37.8 Å². The van der Waals surface area contributed by atoms with Gasteiger partial charge in [0.2, 0.25) is 0 Å². The lowest BCUT2D eigenvalue weighted by atomic mass is 9.98. The summed E-state index contributed by atoms with van der Waals surface area (Å²) in [6.45, 7) is 0. The van der Waals surface area contributed by atoms with E-state index < -0.39 is 0 Å². The lowest BCUT2D eigenvalue weighted by Crippen LogP contribution is -2.20. The monoisotopic (exact) mass is 235 g/mol. The summed E-state index contributed by atoms with van der Waals surface area (Å²) in [4.78, 5) is 11.9. The maximum atomic E-state index is 11.9. The number of hydrogen-bond acceptors (Lipinski definition) is 2. The van der Waals surface area contributed by atoms with E-state index in [1.165, 1.54) is 32.1 Å². The molecule has 0 N–H and O–H groups in total. The molecule has 1 saturated carbocycles. The summed E-state index contributed by atoms with van der Waals surface area (Å²) >= 11 is 0. The van der Waals surface area contributed by atoms with Crippen LogP contribution in [0.4, 0.5) is 0 Å². The molecule has 0 bridgehead atoms. The molecule has 17 heavy (non-hydrogen) atoms. The van der Waals surface area contributed by atoms with E-state index in [-0.39, 0.29) is 12.1 Å². The summed E-state index contributed by atoms with van der Waals surface area (Å²) in [7, 11) is 1.87. The number of carbonyl (C=O) groups excluding carboxylic acids is 1. The van der Waals surface area contributed by atoms with Crippen LogP contribution in [0.2, 0.25) is 0 Å². The Morgan fingerprint density at radius 3 is 2.47 bits per heavy atom. The van der Waals surface area contributed by atoms with Crippen LogP contribution in [0.25, 0.3) is 0 Å². The van der Waals surface area contributed by atoms with Crippen molar-refractivity contribution in [2.75, 3.05) is 0 Å². The molecule has 1 aliphatic carbocycles. The van der Waals surface area contributed by atoms with Crippen LogP contribution in [0.5, 0.6) is 0 Å². The first-order valence-corrected chi connectivity index (χ1v) is 6.59. The largest absolute Gasteiger partial charge is 0.458 e. The average molecular weight is 235 g/mol. The number of aryl methyl sites for hydroxylation is 1. The summed E-state index contributed by atoms with van der Waals surface area (Å²) < 4.78 is 7.40. The van der Waals surface area contributed by atoms with Gasteiger partial charge in [0, 0.05) is 13.2 Å². The van der Waals surface area contributed by atoms with E-state index >= 15 is 0 Å². The first kappa shape index (κ1) is 12.2. The molecule has 3 heteroatoms. The Kier molecular flexibility index (Phi) is 4.24. The number of aromatic nitrogens is 1. The second-order valence-corrected chi connectivity index (χ2v) is 4.88. The van der Waals surface area contributed by atoms with Gasteiger partial charge in [-0.1, -0.05) is 19.3 Å². The topological polar surface area (TPSA) is 31.2 Å². The van der Waals surface area contributed by atoms with Gasteiger partial charge in [-0.2, -0.15) is 0 Å². The Balaban J connectivity index is 1.91. The van der Waals surface area contributed by atoms with Gasteiger partial charge in [0.05, 0.1) is 0 Å². The minimum absolute atomic E-state index is 0.123. The average Bonchev–Trinajstić information content (AvgIpc) is 2.68.